The predicted molar refractivity (Wildman–Crippen MR) is 55.1 cm³/mol. The van der Waals surface area contributed by atoms with Crippen molar-refractivity contribution in [2.75, 3.05) is 21.2 Å². The first-order chi connectivity index (χ1) is 6.15. The molecule has 0 aliphatic carbocycles. The van der Waals surface area contributed by atoms with Crippen molar-refractivity contribution in [2.45, 2.75) is 13.0 Å². The number of methoxy groups -OCH3 is 1. The zero-order valence-corrected chi connectivity index (χ0v) is 8.74. The van der Waals surface area contributed by atoms with Gasteiger partial charge in [-0.2, -0.15) is 0 Å². The van der Waals surface area contributed by atoms with Crippen LogP contribution in [0.25, 0.3) is 0 Å². The van der Waals surface area contributed by atoms with Gasteiger partial charge in [0.1, 0.15) is 5.75 Å². The average Bonchev–Trinajstić information content (AvgIpc) is 2.16. The van der Waals surface area contributed by atoms with Gasteiger partial charge in [-0.05, 0) is 38.7 Å². The molecule has 0 radical (unpaired) electrons. The standard InChI is InChI=1S/C11H17NO/c1-9(12(2)3)10-6-5-7-11(8-10)13-4/h5-9H,1-4H3/t9-/m0/s1. The number of benzene rings is 1. The maximum absolute atomic E-state index is 5.17. The fraction of sp³-hybridized carbons (Fsp3) is 0.455. The van der Waals surface area contributed by atoms with E-state index in [4.69, 9.17) is 4.74 Å². The Morgan fingerprint density at radius 3 is 2.54 bits per heavy atom. The summed E-state index contributed by atoms with van der Waals surface area (Å²) >= 11 is 0. The third-order valence-electron chi connectivity index (χ3n) is 2.35. The van der Waals surface area contributed by atoms with E-state index < -0.39 is 0 Å². The normalized spacial score (nSPS) is 13.0. The molecule has 2 nitrogen and oxygen atoms in total. The third kappa shape index (κ3) is 2.46. The minimum absolute atomic E-state index is 0.426. The van der Waals surface area contributed by atoms with Gasteiger partial charge < -0.3 is 9.64 Å². The second kappa shape index (κ2) is 4.28. The summed E-state index contributed by atoms with van der Waals surface area (Å²) in [5, 5.41) is 0. The summed E-state index contributed by atoms with van der Waals surface area (Å²) in [6.45, 7) is 2.18. The summed E-state index contributed by atoms with van der Waals surface area (Å²) in [7, 11) is 5.84. The van der Waals surface area contributed by atoms with Crippen LogP contribution in [0, 0.1) is 0 Å². The molecule has 72 valence electrons. The summed E-state index contributed by atoms with van der Waals surface area (Å²) in [4.78, 5) is 2.18. The lowest BCUT2D eigenvalue weighted by molar-refractivity contribution is 0.319. The van der Waals surface area contributed by atoms with E-state index in [1.807, 2.05) is 12.1 Å². The lowest BCUT2D eigenvalue weighted by Gasteiger charge is -2.20. The minimum atomic E-state index is 0.426. The van der Waals surface area contributed by atoms with Crippen molar-refractivity contribution in [3.8, 4) is 5.75 Å². The van der Waals surface area contributed by atoms with E-state index in [9.17, 15) is 0 Å². The molecule has 0 amide bonds. The fourth-order valence-corrected chi connectivity index (χ4v) is 1.20. The molecule has 0 N–H and O–H groups in total. The number of hydrogen-bond acceptors (Lipinski definition) is 2. The van der Waals surface area contributed by atoms with Gasteiger partial charge in [0.2, 0.25) is 0 Å². The number of hydrogen-bond donors (Lipinski definition) is 0. The Bertz CT molecular complexity index is 271. The molecule has 0 fully saturated rings. The van der Waals surface area contributed by atoms with E-state index in [0.29, 0.717) is 6.04 Å². The topological polar surface area (TPSA) is 12.5 Å². The Kier molecular flexibility index (Phi) is 3.32. The van der Waals surface area contributed by atoms with Gasteiger partial charge in [0, 0.05) is 6.04 Å². The molecular weight excluding hydrogens is 162 g/mol. The van der Waals surface area contributed by atoms with Crippen molar-refractivity contribution in [3.05, 3.63) is 29.8 Å². The molecule has 0 aromatic heterocycles. The fourth-order valence-electron chi connectivity index (χ4n) is 1.20. The van der Waals surface area contributed by atoms with Crippen molar-refractivity contribution < 1.29 is 4.74 Å². The van der Waals surface area contributed by atoms with E-state index >= 15 is 0 Å². The van der Waals surface area contributed by atoms with E-state index in [0.717, 1.165) is 5.75 Å². The minimum Gasteiger partial charge on any atom is -0.497 e. The SMILES string of the molecule is COc1cccc([C@H](C)N(C)C)c1. The van der Waals surface area contributed by atoms with Crippen LogP contribution in [0.4, 0.5) is 0 Å². The van der Waals surface area contributed by atoms with Gasteiger partial charge in [0.05, 0.1) is 7.11 Å². The van der Waals surface area contributed by atoms with Crippen LogP contribution >= 0.6 is 0 Å². The van der Waals surface area contributed by atoms with Crippen LogP contribution < -0.4 is 4.74 Å². The quantitative estimate of drug-likeness (QED) is 0.706. The molecule has 0 saturated carbocycles. The molecule has 0 aliphatic heterocycles. The zero-order chi connectivity index (χ0) is 9.84. The Labute approximate surface area is 80.1 Å². The highest BCUT2D eigenvalue weighted by atomic mass is 16.5. The summed E-state index contributed by atoms with van der Waals surface area (Å²) < 4.78 is 5.17. The third-order valence-corrected chi connectivity index (χ3v) is 2.35. The molecule has 0 unspecified atom stereocenters. The van der Waals surface area contributed by atoms with Crippen molar-refractivity contribution >= 4 is 0 Å². The lowest BCUT2D eigenvalue weighted by atomic mass is 10.1. The van der Waals surface area contributed by atoms with Gasteiger partial charge in [0.15, 0.2) is 0 Å². The van der Waals surface area contributed by atoms with Gasteiger partial charge in [0.25, 0.3) is 0 Å². The molecule has 1 atom stereocenters. The van der Waals surface area contributed by atoms with Crippen LogP contribution in [-0.4, -0.2) is 26.1 Å². The van der Waals surface area contributed by atoms with Crippen LogP contribution in [0.3, 0.4) is 0 Å². The van der Waals surface area contributed by atoms with Gasteiger partial charge >= 0.3 is 0 Å². The second-order valence-electron chi connectivity index (χ2n) is 3.42. The van der Waals surface area contributed by atoms with Crippen molar-refractivity contribution in [1.82, 2.24) is 4.90 Å². The average molecular weight is 179 g/mol. The van der Waals surface area contributed by atoms with E-state index in [-0.39, 0.29) is 0 Å². The smallest absolute Gasteiger partial charge is 0.119 e. The highest BCUT2D eigenvalue weighted by Gasteiger charge is 2.07. The summed E-state index contributed by atoms with van der Waals surface area (Å²) in [6.07, 6.45) is 0. The highest BCUT2D eigenvalue weighted by Crippen LogP contribution is 2.21. The highest BCUT2D eigenvalue weighted by molar-refractivity contribution is 5.30. The largest absolute Gasteiger partial charge is 0.497 e. The number of ether oxygens (including phenoxy) is 1. The molecule has 1 rings (SSSR count). The molecular formula is C11H17NO. The van der Waals surface area contributed by atoms with Gasteiger partial charge in [-0.15, -0.1) is 0 Å². The van der Waals surface area contributed by atoms with Gasteiger partial charge in [-0.3, -0.25) is 0 Å². The molecule has 0 bridgehead atoms. The van der Waals surface area contributed by atoms with Crippen molar-refractivity contribution in [1.29, 1.82) is 0 Å². The van der Waals surface area contributed by atoms with Crippen LogP contribution in [0.2, 0.25) is 0 Å². The van der Waals surface area contributed by atoms with E-state index in [2.05, 4.69) is 38.1 Å². The van der Waals surface area contributed by atoms with Crippen LogP contribution in [0.15, 0.2) is 24.3 Å². The maximum Gasteiger partial charge on any atom is 0.119 e. The van der Waals surface area contributed by atoms with Crippen LogP contribution in [0.5, 0.6) is 5.75 Å². The molecule has 13 heavy (non-hydrogen) atoms. The molecule has 1 aromatic rings. The molecule has 1 aromatic carbocycles. The Hall–Kier alpha value is -1.02. The van der Waals surface area contributed by atoms with E-state index in [1.165, 1.54) is 5.56 Å². The molecule has 0 spiro atoms. The monoisotopic (exact) mass is 179 g/mol. The first kappa shape index (κ1) is 10.1. The molecule has 0 aliphatic rings. The Morgan fingerprint density at radius 2 is 2.00 bits per heavy atom. The predicted octanol–water partition coefficient (Wildman–Crippen LogP) is 2.32. The number of nitrogens with zero attached hydrogens (tertiary/aromatic N) is 1. The summed E-state index contributed by atoms with van der Waals surface area (Å²) in [5.41, 5.74) is 1.28. The molecule has 2 heteroatoms. The van der Waals surface area contributed by atoms with Crippen molar-refractivity contribution in [3.63, 3.8) is 0 Å². The molecule has 0 saturated heterocycles. The lowest BCUT2D eigenvalue weighted by Crippen LogP contribution is -2.16. The maximum atomic E-state index is 5.17. The first-order valence-corrected chi connectivity index (χ1v) is 4.45. The van der Waals surface area contributed by atoms with E-state index in [1.54, 1.807) is 7.11 Å². The Balaban J connectivity index is 2.88. The molecule has 0 heterocycles. The zero-order valence-electron chi connectivity index (χ0n) is 8.74. The first-order valence-electron chi connectivity index (χ1n) is 4.45. The Morgan fingerprint density at radius 1 is 1.31 bits per heavy atom. The van der Waals surface area contributed by atoms with Gasteiger partial charge in [-0.1, -0.05) is 12.1 Å². The van der Waals surface area contributed by atoms with Crippen molar-refractivity contribution in [2.24, 2.45) is 0 Å². The summed E-state index contributed by atoms with van der Waals surface area (Å²) in [6, 6.07) is 8.60. The summed E-state index contributed by atoms with van der Waals surface area (Å²) in [5.74, 6) is 0.922. The van der Waals surface area contributed by atoms with Crippen LogP contribution in [-0.2, 0) is 0 Å². The van der Waals surface area contributed by atoms with Crippen LogP contribution in [0.1, 0.15) is 18.5 Å². The second-order valence-corrected chi connectivity index (χ2v) is 3.42. The van der Waals surface area contributed by atoms with Gasteiger partial charge in [-0.25, -0.2) is 0 Å². The number of rotatable bonds is 3.